The van der Waals surface area contributed by atoms with Crippen LogP contribution in [0.25, 0.3) is 0 Å². The molecule has 0 aliphatic heterocycles. The van der Waals surface area contributed by atoms with E-state index in [0.717, 1.165) is 10.5 Å². The van der Waals surface area contributed by atoms with E-state index in [1.807, 2.05) is 0 Å². The normalized spacial score (nSPS) is 10.1. The van der Waals surface area contributed by atoms with E-state index in [4.69, 9.17) is 10.5 Å². The molecule has 2 rings (SSSR count). The van der Waals surface area contributed by atoms with Crippen LogP contribution in [-0.2, 0) is 0 Å². The molecule has 0 aliphatic rings. The summed E-state index contributed by atoms with van der Waals surface area (Å²) in [5.74, 6) is -0.760. The van der Waals surface area contributed by atoms with Gasteiger partial charge in [0.15, 0.2) is 11.6 Å². The molecule has 0 aliphatic carbocycles. The molecule has 0 spiro atoms. The van der Waals surface area contributed by atoms with Crippen LogP contribution in [0.1, 0.15) is 10.4 Å². The van der Waals surface area contributed by atoms with Crippen LogP contribution in [0, 0.1) is 5.82 Å². The van der Waals surface area contributed by atoms with Crippen LogP contribution >= 0.6 is 15.9 Å². The fraction of sp³-hybridized carbons (Fsp3) is 0. The lowest BCUT2D eigenvalue weighted by Gasteiger charge is -2.07. The lowest BCUT2D eigenvalue weighted by molar-refractivity contribution is 0.1000. The predicted molar refractivity (Wildman–Crippen MR) is 69.1 cm³/mol. The van der Waals surface area contributed by atoms with Crippen molar-refractivity contribution in [3.63, 3.8) is 0 Å². The van der Waals surface area contributed by atoms with Gasteiger partial charge in [-0.1, -0.05) is 15.9 Å². The number of hydrogen-bond acceptors (Lipinski definition) is 2. The minimum Gasteiger partial charge on any atom is -0.454 e. The number of halogens is 2. The molecule has 0 atom stereocenters. The smallest absolute Gasteiger partial charge is 0.248 e. The van der Waals surface area contributed by atoms with Crippen molar-refractivity contribution in [2.75, 3.05) is 0 Å². The molecular weight excluding hydrogens is 301 g/mol. The highest BCUT2D eigenvalue weighted by molar-refractivity contribution is 9.10. The van der Waals surface area contributed by atoms with Gasteiger partial charge < -0.3 is 10.5 Å². The van der Waals surface area contributed by atoms with Crippen molar-refractivity contribution in [3.05, 3.63) is 58.3 Å². The van der Waals surface area contributed by atoms with Crippen molar-refractivity contribution in [2.24, 2.45) is 5.73 Å². The van der Waals surface area contributed by atoms with Crippen molar-refractivity contribution >= 4 is 21.8 Å². The van der Waals surface area contributed by atoms with Crippen molar-refractivity contribution in [3.8, 4) is 11.5 Å². The first-order valence-electron chi connectivity index (χ1n) is 5.09. The summed E-state index contributed by atoms with van der Waals surface area (Å²) >= 11 is 3.29. The van der Waals surface area contributed by atoms with E-state index >= 15 is 0 Å². The van der Waals surface area contributed by atoms with Crippen LogP contribution in [0.5, 0.6) is 11.5 Å². The third kappa shape index (κ3) is 2.87. The number of primary amides is 1. The first-order valence-corrected chi connectivity index (χ1v) is 5.88. The van der Waals surface area contributed by atoms with Gasteiger partial charge in [-0.15, -0.1) is 0 Å². The maximum absolute atomic E-state index is 13.6. The van der Waals surface area contributed by atoms with Gasteiger partial charge in [0.2, 0.25) is 5.91 Å². The molecule has 1 amide bonds. The SMILES string of the molecule is NC(=O)c1ccc(Oc2ccc(Br)cc2)c(F)c1. The van der Waals surface area contributed by atoms with Crippen molar-refractivity contribution in [1.29, 1.82) is 0 Å². The Balaban J connectivity index is 2.24. The van der Waals surface area contributed by atoms with Gasteiger partial charge in [0, 0.05) is 10.0 Å². The summed E-state index contributed by atoms with van der Waals surface area (Å²) in [7, 11) is 0. The van der Waals surface area contributed by atoms with E-state index in [-0.39, 0.29) is 11.3 Å². The third-order valence-corrected chi connectivity index (χ3v) is 2.79. The van der Waals surface area contributed by atoms with E-state index < -0.39 is 11.7 Å². The standard InChI is InChI=1S/C13H9BrFNO2/c14-9-2-4-10(5-3-9)18-12-6-1-8(13(16)17)7-11(12)15/h1-7H,(H2,16,17). The number of nitrogens with two attached hydrogens (primary N) is 1. The Hall–Kier alpha value is -1.88. The van der Waals surface area contributed by atoms with Gasteiger partial charge in [0.1, 0.15) is 5.75 Å². The molecule has 0 unspecified atom stereocenters. The lowest BCUT2D eigenvalue weighted by Crippen LogP contribution is -2.11. The fourth-order valence-electron chi connectivity index (χ4n) is 1.37. The minimum absolute atomic E-state index is 0.0438. The molecule has 0 aromatic heterocycles. The highest BCUT2D eigenvalue weighted by Crippen LogP contribution is 2.26. The molecule has 0 fully saturated rings. The van der Waals surface area contributed by atoms with Crippen LogP contribution in [0.4, 0.5) is 4.39 Å². The van der Waals surface area contributed by atoms with Crippen LogP contribution in [0.15, 0.2) is 46.9 Å². The predicted octanol–water partition coefficient (Wildman–Crippen LogP) is 3.48. The van der Waals surface area contributed by atoms with Crippen molar-refractivity contribution in [1.82, 2.24) is 0 Å². The lowest BCUT2D eigenvalue weighted by atomic mass is 10.2. The number of ether oxygens (including phenoxy) is 1. The first-order chi connectivity index (χ1) is 8.56. The second kappa shape index (κ2) is 5.18. The fourth-order valence-corrected chi connectivity index (χ4v) is 1.63. The summed E-state index contributed by atoms with van der Waals surface area (Å²) in [6, 6.07) is 10.8. The number of carbonyl (C=O) groups is 1. The Bertz CT molecular complexity index is 584. The highest BCUT2D eigenvalue weighted by atomic mass is 79.9. The molecule has 0 radical (unpaired) electrons. The van der Waals surface area contributed by atoms with Crippen LogP contribution in [0.2, 0.25) is 0 Å². The van der Waals surface area contributed by atoms with Crippen molar-refractivity contribution < 1.29 is 13.9 Å². The van der Waals surface area contributed by atoms with Gasteiger partial charge in [-0.05, 0) is 42.5 Å². The van der Waals surface area contributed by atoms with Gasteiger partial charge in [0.05, 0.1) is 0 Å². The molecule has 5 heteroatoms. The van der Waals surface area contributed by atoms with Gasteiger partial charge in [-0.3, -0.25) is 4.79 Å². The Morgan fingerprint density at radius 1 is 1.17 bits per heavy atom. The topological polar surface area (TPSA) is 52.3 Å². The van der Waals surface area contributed by atoms with Gasteiger partial charge in [-0.2, -0.15) is 0 Å². The van der Waals surface area contributed by atoms with Crippen LogP contribution < -0.4 is 10.5 Å². The molecule has 18 heavy (non-hydrogen) atoms. The second-order valence-corrected chi connectivity index (χ2v) is 4.48. The zero-order valence-electron chi connectivity index (χ0n) is 9.19. The molecule has 2 N–H and O–H groups in total. The molecule has 2 aromatic rings. The van der Waals surface area contributed by atoms with Gasteiger partial charge >= 0.3 is 0 Å². The maximum Gasteiger partial charge on any atom is 0.248 e. The average molecular weight is 310 g/mol. The van der Waals surface area contributed by atoms with Gasteiger partial charge in [-0.25, -0.2) is 4.39 Å². The molecule has 0 saturated heterocycles. The number of carbonyl (C=O) groups excluding carboxylic acids is 1. The molecule has 92 valence electrons. The van der Waals surface area contributed by atoms with E-state index in [9.17, 15) is 9.18 Å². The average Bonchev–Trinajstić information content (AvgIpc) is 2.34. The maximum atomic E-state index is 13.6. The summed E-state index contributed by atoms with van der Waals surface area (Å²) in [6.07, 6.45) is 0. The zero-order chi connectivity index (χ0) is 13.1. The van der Waals surface area contributed by atoms with Crippen LogP contribution in [0.3, 0.4) is 0 Å². The monoisotopic (exact) mass is 309 g/mol. The number of hydrogen-bond donors (Lipinski definition) is 1. The Labute approximate surface area is 112 Å². The summed E-state index contributed by atoms with van der Waals surface area (Å²) in [6.45, 7) is 0. The Kier molecular flexibility index (Phi) is 3.62. The number of amides is 1. The largest absolute Gasteiger partial charge is 0.454 e. The molecular formula is C13H9BrFNO2. The van der Waals surface area contributed by atoms with Crippen molar-refractivity contribution in [2.45, 2.75) is 0 Å². The van der Waals surface area contributed by atoms with E-state index in [1.165, 1.54) is 12.1 Å². The Morgan fingerprint density at radius 2 is 1.83 bits per heavy atom. The summed E-state index contributed by atoms with van der Waals surface area (Å²) in [5, 5.41) is 0. The highest BCUT2D eigenvalue weighted by Gasteiger charge is 2.08. The second-order valence-electron chi connectivity index (χ2n) is 3.57. The molecule has 0 heterocycles. The molecule has 2 aromatic carbocycles. The van der Waals surface area contributed by atoms with E-state index in [2.05, 4.69) is 15.9 Å². The molecule has 0 bridgehead atoms. The summed E-state index contributed by atoms with van der Waals surface area (Å²) in [5.41, 5.74) is 5.16. The van der Waals surface area contributed by atoms with Crippen LogP contribution in [-0.4, -0.2) is 5.91 Å². The van der Waals surface area contributed by atoms with Gasteiger partial charge in [0.25, 0.3) is 0 Å². The summed E-state index contributed by atoms with van der Waals surface area (Å²) in [4.78, 5) is 10.9. The molecule has 0 saturated carbocycles. The summed E-state index contributed by atoms with van der Waals surface area (Å²) < 4.78 is 19.9. The zero-order valence-corrected chi connectivity index (χ0v) is 10.8. The number of rotatable bonds is 3. The van der Waals surface area contributed by atoms with E-state index in [0.29, 0.717) is 5.75 Å². The van der Waals surface area contributed by atoms with E-state index in [1.54, 1.807) is 24.3 Å². The molecule has 3 nitrogen and oxygen atoms in total. The quantitative estimate of drug-likeness (QED) is 0.943. The number of benzene rings is 2. The minimum atomic E-state index is -0.677. The third-order valence-electron chi connectivity index (χ3n) is 2.26. The first kappa shape index (κ1) is 12.6. The Morgan fingerprint density at radius 3 is 2.39 bits per heavy atom.